The molecule has 0 bridgehead atoms. The smallest absolute Gasteiger partial charge is 0.238 e. The van der Waals surface area contributed by atoms with Gasteiger partial charge in [-0.3, -0.25) is 4.79 Å². The van der Waals surface area contributed by atoms with E-state index in [0.29, 0.717) is 5.69 Å². The van der Waals surface area contributed by atoms with Crippen molar-refractivity contribution in [2.45, 2.75) is 19.8 Å². The van der Waals surface area contributed by atoms with Crippen LogP contribution in [0.4, 0.5) is 5.69 Å². The molecule has 0 saturated heterocycles. The van der Waals surface area contributed by atoms with Crippen LogP contribution < -0.4 is 5.32 Å². The third-order valence-corrected chi connectivity index (χ3v) is 4.72. The van der Waals surface area contributed by atoms with Crippen molar-refractivity contribution in [2.75, 3.05) is 5.32 Å². The summed E-state index contributed by atoms with van der Waals surface area (Å²) in [6.45, 7) is 2.13. The van der Waals surface area contributed by atoms with Gasteiger partial charge in [0.2, 0.25) is 5.91 Å². The predicted molar refractivity (Wildman–Crippen MR) is 109 cm³/mol. The summed E-state index contributed by atoms with van der Waals surface area (Å²) >= 11 is 0. The molecule has 0 radical (unpaired) electrons. The monoisotopic (exact) mass is 369 g/mol. The lowest BCUT2D eigenvalue weighted by Crippen LogP contribution is -2.09. The minimum atomic E-state index is -0.322. The molecule has 4 aromatic rings. The van der Waals surface area contributed by atoms with Gasteiger partial charge >= 0.3 is 0 Å². The van der Waals surface area contributed by atoms with Gasteiger partial charge in [0.05, 0.1) is 23.6 Å². The standard InChI is InChI=1S/C22H19N5O/c1-2-15-3-6-18(7-4-15)27-14-17(12-25-27)16-5-8-20-19(11-16)21(13-24-20)26-22(28)9-10-23/h3-8,11-14,24H,2,9H2,1H3,(H,26,28). The molecule has 0 atom stereocenters. The van der Waals surface area contributed by atoms with E-state index in [4.69, 9.17) is 5.26 Å². The number of anilines is 1. The van der Waals surface area contributed by atoms with E-state index in [1.165, 1.54) is 5.56 Å². The second-order valence-electron chi connectivity index (χ2n) is 6.54. The number of aromatic amines is 1. The Bertz CT molecular complexity index is 1180. The summed E-state index contributed by atoms with van der Waals surface area (Å²) in [4.78, 5) is 14.9. The van der Waals surface area contributed by atoms with E-state index in [1.54, 1.807) is 6.20 Å². The molecule has 4 rings (SSSR count). The van der Waals surface area contributed by atoms with Crippen LogP contribution in [0, 0.1) is 11.3 Å². The Hall–Kier alpha value is -3.85. The maximum atomic E-state index is 11.8. The summed E-state index contributed by atoms with van der Waals surface area (Å²) < 4.78 is 1.85. The van der Waals surface area contributed by atoms with Gasteiger partial charge in [-0.2, -0.15) is 10.4 Å². The number of nitrogens with zero attached hydrogens (tertiary/aromatic N) is 3. The number of aromatic nitrogens is 3. The first-order valence-corrected chi connectivity index (χ1v) is 9.10. The molecule has 28 heavy (non-hydrogen) atoms. The SMILES string of the molecule is CCc1ccc(-n2cc(-c3ccc4[nH]cc(NC(=O)CC#N)c4c3)cn2)cc1. The number of carbonyl (C=O) groups excluding carboxylic acids is 1. The molecule has 0 fully saturated rings. The second-order valence-corrected chi connectivity index (χ2v) is 6.54. The molecule has 0 aliphatic carbocycles. The van der Waals surface area contributed by atoms with E-state index < -0.39 is 0 Å². The van der Waals surface area contributed by atoms with Crippen LogP contribution in [0.1, 0.15) is 18.9 Å². The predicted octanol–water partition coefficient (Wildman–Crippen LogP) is 4.44. The van der Waals surface area contributed by atoms with E-state index in [1.807, 2.05) is 41.3 Å². The van der Waals surface area contributed by atoms with Gasteiger partial charge in [-0.1, -0.05) is 25.1 Å². The van der Waals surface area contributed by atoms with Crippen molar-refractivity contribution < 1.29 is 4.79 Å². The van der Waals surface area contributed by atoms with Crippen LogP contribution in [-0.4, -0.2) is 20.7 Å². The molecule has 6 heteroatoms. The lowest BCUT2D eigenvalue weighted by molar-refractivity contribution is -0.115. The summed E-state index contributed by atoms with van der Waals surface area (Å²) in [6.07, 6.45) is 6.39. The first kappa shape index (κ1) is 17.6. The summed E-state index contributed by atoms with van der Waals surface area (Å²) in [5.41, 5.74) is 5.87. The summed E-state index contributed by atoms with van der Waals surface area (Å²) in [5, 5.41) is 16.8. The van der Waals surface area contributed by atoms with Gasteiger partial charge in [-0.25, -0.2) is 4.68 Å². The summed E-state index contributed by atoms with van der Waals surface area (Å²) in [5.74, 6) is -0.322. The van der Waals surface area contributed by atoms with Crippen LogP contribution in [0.3, 0.4) is 0 Å². The molecule has 2 aromatic carbocycles. The van der Waals surface area contributed by atoms with Gasteiger partial charge in [0, 0.05) is 28.9 Å². The third-order valence-electron chi connectivity index (χ3n) is 4.72. The van der Waals surface area contributed by atoms with Gasteiger partial charge in [0.1, 0.15) is 6.42 Å². The zero-order chi connectivity index (χ0) is 19.5. The average Bonchev–Trinajstić information content (AvgIpc) is 3.36. The minimum absolute atomic E-state index is 0.171. The number of fused-ring (bicyclic) bond motifs is 1. The van der Waals surface area contributed by atoms with E-state index in [0.717, 1.165) is 34.1 Å². The molecule has 1 amide bonds. The van der Waals surface area contributed by atoms with Crippen LogP contribution in [0.2, 0.25) is 0 Å². The minimum Gasteiger partial charge on any atom is -0.359 e. The topological polar surface area (TPSA) is 86.5 Å². The molecule has 2 N–H and O–H groups in total. The number of nitrogens with one attached hydrogen (secondary N) is 2. The number of aryl methyl sites for hydroxylation is 1. The number of benzene rings is 2. The fraction of sp³-hybridized carbons (Fsp3) is 0.136. The molecule has 0 unspecified atom stereocenters. The number of rotatable bonds is 5. The molecule has 2 heterocycles. The number of H-pyrrole nitrogens is 1. The zero-order valence-corrected chi connectivity index (χ0v) is 15.4. The molecule has 2 aromatic heterocycles. The summed E-state index contributed by atoms with van der Waals surface area (Å²) in [6, 6.07) is 16.2. The van der Waals surface area contributed by atoms with Crippen molar-refractivity contribution in [2.24, 2.45) is 0 Å². The fourth-order valence-electron chi connectivity index (χ4n) is 3.17. The van der Waals surface area contributed by atoms with Crippen molar-refractivity contribution in [1.29, 1.82) is 5.26 Å². The lowest BCUT2D eigenvalue weighted by atomic mass is 10.1. The van der Waals surface area contributed by atoms with Crippen LogP contribution in [-0.2, 0) is 11.2 Å². The van der Waals surface area contributed by atoms with Crippen molar-refractivity contribution in [3.63, 3.8) is 0 Å². The Kier molecular flexibility index (Phi) is 4.65. The molecule has 6 nitrogen and oxygen atoms in total. The number of nitriles is 1. The molecule has 138 valence electrons. The number of hydrogen-bond donors (Lipinski definition) is 2. The first-order chi connectivity index (χ1) is 13.7. The van der Waals surface area contributed by atoms with Gasteiger partial charge in [-0.15, -0.1) is 0 Å². The second kappa shape index (κ2) is 7.41. The molecule has 0 aliphatic rings. The van der Waals surface area contributed by atoms with Crippen LogP contribution >= 0.6 is 0 Å². The van der Waals surface area contributed by atoms with Crippen LogP contribution in [0.25, 0.3) is 27.7 Å². The van der Waals surface area contributed by atoms with Gasteiger partial charge < -0.3 is 10.3 Å². The van der Waals surface area contributed by atoms with Gasteiger partial charge in [0.15, 0.2) is 0 Å². The number of carbonyl (C=O) groups is 1. The Morgan fingerprint density at radius 3 is 2.79 bits per heavy atom. The highest BCUT2D eigenvalue weighted by Gasteiger charge is 2.10. The van der Waals surface area contributed by atoms with E-state index in [2.05, 4.69) is 46.6 Å². The fourth-order valence-corrected chi connectivity index (χ4v) is 3.17. The molecular formula is C22H19N5O. The van der Waals surface area contributed by atoms with Crippen molar-refractivity contribution in [3.8, 4) is 22.9 Å². The van der Waals surface area contributed by atoms with E-state index in [9.17, 15) is 4.79 Å². The Balaban J connectivity index is 1.65. The number of amides is 1. The Morgan fingerprint density at radius 2 is 2.04 bits per heavy atom. The normalized spacial score (nSPS) is 10.7. The largest absolute Gasteiger partial charge is 0.359 e. The van der Waals surface area contributed by atoms with Crippen molar-refractivity contribution in [1.82, 2.24) is 14.8 Å². The Labute approximate surface area is 162 Å². The highest BCUT2D eigenvalue weighted by atomic mass is 16.1. The first-order valence-electron chi connectivity index (χ1n) is 9.10. The maximum absolute atomic E-state index is 11.8. The van der Waals surface area contributed by atoms with Crippen molar-refractivity contribution >= 4 is 22.5 Å². The number of hydrogen-bond acceptors (Lipinski definition) is 3. The molecule has 0 aliphatic heterocycles. The zero-order valence-electron chi connectivity index (χ0n) is 15.4. The van der Waals surface area contributed by atoms with Crippen molar-refractivity contribution in [3.05, 3.63) is 66.6 Å². The quantitative estimate of drug-likeness (QED) is 0.545. The highest BCUT2D eigenvalue weighted by Crippen LogP contribution is 2.29. The highest BCUT2D eigenvalue weighted by molar-refractivity contribution is 6.03. The summed E-state index contributed by atoms with van der Waals surface area (Å²) in [7, 11) is 0. The van der Waals surface area contributed by atoms with Crippen LogP contribution in [0.5, 0.6) is 0 Å². The van der Waals surface area contributed by atoms with E-state index >= 15 is 0 Å². The maximum Gasteiger partial charge on any atom is 0.238 e. The lowest BCUT2D eigenvalue weighted by Gasteiger charge is -2.03. The van der Waals surface area contributed by atoms with Crippen LogP contribution in [0.15, 0.2) is 61.1 Å². The third kappa shape index (κ3) is 3.38. The average molecular weight is 369 g/mol. The molecule has 0 spiro atoms. The van der Waals surface area contributed by atoms with Gasteiger partial charge in [-0.05, 0) is 41.8 Å². The molecular weight excluding hydrogens is 350 g/mol. The van der Waals surface area contributed by atoms with E-state index in [-0.39, 0.29) is 12.3 Å². The van der Waals surface area contributed by atoms with Gasteiger partial charge in [0.25, 0.3) is 0 Å². The molecule has 0 saturated carbocycles. The Morgan fingerprint density at radius 1 is 1.21 bits per heavy atom.